The van der Waals surface area contributed by atoms with Crippen LogP contribution in [0, 0.1) is 11.7 Å². The summed E-state index contributed by atoms with van der Waals surface area (Å²) in [7, 11) is -2.42. The molecule has 9 heteroatoms. The number of halogens is 1. The van der Waals surface area contributed by atoms with Gasteiger partial charge in [0.1, 0.15) is 22.6 Å². The van der Waals surface area contributed by atoms with Gasteiger partial charge in [-0.15, -0.1) is 0 Å². The fourth-order valence-corrected chi connectivity index (χ4v) is 6.27. The number of amides is 1. The van der Waals surface area contributed by atoms with Crippen LogP contribution >= 0.6 is 0 Å². The lowest BCUT2D eigenvalue weighted by Crippen LogP contribution is -2.50. The van der Waals surface area contributed by atoms with E-state index < -0.39 is 33.9 Å². The molecule has 0 fully saturated rings. The predicted octanol–water partition coefficient (Wildman–Crippen LogP) is 4.03. The summed E-state index contributed by atoms with van der Waals surface area (Å²) < 4.78 is 49.2. The molecule has 0 radical (unpaired) electrons. The Balaban J connectivity index is 1.74. The summed E-state index contributed by atoms with van der Waals surface area (Å²) in [6.45, 7) is 3.32. The molecule has 1 aliphatic rings. The SMILES string of the molecule is C[C@H](CO)N1C[C@H](C)[C@@H](CN(C)C(=O)c2ccccc2F)Oc2cc(-c3ccccc3)ccc2S1(=O)=O. The van der Waals surface area contributed by atoms with E-state index in [0.29, 0.717) is 0 Å². The maximum Gasteiger partial charge on any atom is 0.256 e. The molecule has 3 aromatic rings. The zero-order chi connectivity index (χ0) is 26.7. The first-order valence-corrected chi connectivity index (χ1v) is 13.6. The highest BCUT2D eigenvalue weighted by Crippen LogP contribution is 2.36. The van der Waals surface area contributed by atoms with Gasteiger partial charge < -0.3 is 14.7 Å². The van der Waals surface area contributed by atoms with Gasteiger partial charge in [-0.2, -0.15) is 4.31 Å². The van der Waals surface area contributed by atoms with Crippen molar-refractivity contribution in [3.05, 3.63) is 84.2 Å². The average molecular weight is 527 g/mol. The third kappa shape index (κ3) is 5.53. The number of aliphatic hydroxyl groups is 1. The second-order valence-corrected chi connectivity index (χ2v) is 11.3. The molecule has 0 saturated heterocycles. The smallest absolute Gasteiger partial charge is 0.256 e. The van der Waals surface area contributed by atoms with Gasteiger partial charge in [-0.3, -0.25) is 4.79 Å². The first-order chi connectivity index (χ1) is 17.6. The van der Waals surface area contributed by atoms with Crippen LogP contribution in [0.3, 0.4) is 0 Å². The highest BCUT2D eigenvalue weighted by Gasteiger charge is 2.38. The number of ether oxygens (including phenoxy) is 1. The fraction of sp³-hybridized carbons (Fsp3) is 0.321. The van der Waals surface area contributed by atoms with Gasteiger partial charge in [0.15, 0.2) is 0 Å². The van der Waals surface area contributed by atoms with E-state index in [1.807, 2.05) is 37.3 Å². The number of aliphatic hydroxyl groups excluding tert-OH is 1. The summed E-state index contributed by atoms with van der Waals surface area (Å²) >= 11 is 0. The van der Waals surface area contributed by atoms with Crippen LogP contribution in [-0.4, -0.2) is 67.5 Å². The summed E-state index contributed by atoms with van der Waals surface area (Å²) in [5, 5.41) is 9.82. The van der Waals surface area contributed by atoms with Crippen LogP contribution in [0.1, 0.15) is 24.2 Å². The molecule has 1 N–H and O–H groups in total. The molecule has 0 unspecified atom stereocenters. The lowest BCUT2D eigenvalue weighted by Gasteiger charge is -2.37. The molecule has 4 rings (SSSR count). The van der Waals surface area contributed by atoms with Gasteiger partial charge >= 0.3 is 0 Å². The van der Waals surface area contributed by atoms with Crippen LogP contribution in [0.2, 0.25) is 0 Å². The number of benzene rings is 3. The van der Waals surface area contributed by atoms with E-state index in [1.54, 1.807) is 32.2 Å². The molecule has 0 bridgehead atoms. The van der Waals surface area contributed by atoms with Crippen LogP contribution in [0.25, 0.3) is 11.1 Å². The topological polar surface area (TPSA) is 87.2 Å². The summed E-state index contributed by atoms with van der Waals surface area (Å²) in [6, 6.07) is 19.6. The zero-order valence-electron chi connectivity index (χ0n) is 21.0. The van der Waals surface area contributed by atoms with Crippen molar-refractivity contribution in [3.63, 3.8) is 0 Å². The molecule has 3 aromatic carbocycles. The van der Waals surface area contributed by atoms with E-state index in [9.17, 15) is 22.7 Å². The predicted molar refractivity (Wildman–Crippen MR) is 139 cm³/mol. The second-order valence-electron chi connectivity index (χ2n) is 9.43. The molecule has 1 heterocycles. The van der Waals surface area contributed by atoms with Crippen LogP contribution in [-0.2, 0) is 10.0 Å². The molecule has 37 heavy (non-hydrogen) atoms. The Labute approximate surface area is 217 Å². The van der Waals surface area contributed by atoms with Crippen LogP contribution in [0.15, 0.2) is 77.7 Å². The number of carbonyl (C=O) groups is 1. The Kier molecular flexibility index (Phi) is 7.96. The van der Waals surface area contributed by atoms with Crippen LogP contribution in [0.4, 0.5) is 4.39 Å². The van der Waals surface area contributed by atoms with E-state index in [4.69, 9.17) is 4.74 Å². The van der Waals surface area contributed by atoms with Crippen molar-refractivity contribution >= 4 is 15.9 Å². The average Bonchev–Trinajstić information content (AvgIpc) is 2.90. The minimum Gasteiger partial charge on any atom is -0.487 e. The lowest BCUT2D eigenvalue weighted by molar-refractivity contribution is 0.0560. The summed E-state index contributed by atoms with van der Waals surface area (Å²) in [5.74, 6) is -1.30. The second kappa shape index (κ2) is 11.0. The van der Waals surface area contributed by atoms with E-state index in [-0.39, 0.29) is 41.8 Å². The number of sulfonamides is 1. The Morgan fingerprint density at radius 3 is 2.46 bits per heavy atom. The van der Waals surface area contributed by atoms with Crippen molar-refractivity contribution in [1.29, 1.82) is 0 Å². The Bertz CT molecular complexity index is 1370. The van der Waals surface area contributed by atoms with Crippen molar-refractivity contribution in [2.75, 3.05) is 26.7 Å². The van der Waals surface area contributed by atoms with Crippen LogP contribution in [0.5, 0.6) is 5.75 Å². The summed E-state index contributed by atoms with van der Waals surface area (Å²) in [4.78, 5) is 14.4. The maximum absolute atomic E-state index is 14.3. The molecule has 196 valence electrons. The molecule has 0 aromatic heterocycles. The molecule has 0 spiro atoms. The minimum absolute atomic E-state index is 0.00698. The Morgan fingerprint density at radius 2 is 1.78 bits per heavy atom. The normalized spacial score (nSPS) is 20.1. The molecular weight excluding hydrogens is 495 g/mol. The molecule has 1 aliphatic heterocycles. The number of carbonyl (C=O) groups excluding carboxylic acids is 1. The van der Waals surface area contributed by atoms with Crippen molar-refractivity contribution in [3.8, 4) is 16.9 Å². The van der Waals surface area contributed by atoms with E-state index in [1.165, 1.54) is 33.5 Å². The van der Waals surface area contributed by atoms with Gasteiger partial charge in [0.05, 0.1) is 18.7 Å². The van der Waals surface area contributed by atoms with E-state index >= 15 is 0 Å². The van der Waals surface area contributed by atoms with Crippen molar-refractivity contribution in [1.82, 2.24) is 9.21 Å². The minimum atomic E-state index is -3.98. The van der Waals surface area contributed by atoms with Gasteiger partial charge in [0.25, 0.3) is 5.91 Å². The lowest BCUT2D eigenvalue weighted by atomic mass is 10.0. The fourth-order valence-electron chi connectivity index (χ4n) is 4.45. The Hall–Kier alpha value is -3.27. The highest BCUT2D eigenvalue weighted by atomic mass is 32.2. The maximum atomic E-state index is 14.3. The molecule has 7 nitrogen and oxygen atoms in total. The van der Waals surface area contributed by atoms with E-state index in [0.717, 1.165) is 11.1 Å². The third-order valence-electron chi connectivity index (χ3n) is 6.68. The largest absolute Gasteiger partial charge is 0.487 e. The number of fused-ring (bicyclic) bond motifs is 1. The molecule has 3 atom stereocenters. The number of rotatable bonds is 6. The van der Waals surface area contributed by atoms with Crippen molar-refractivity contribution < 1.29 is 27.4 Å². The standard InChI is InChI=1S/C28H31FN2O5S/c1-19-16-31(20(2)18-32)37(34,35)27-14-13-22(21-9-5-4-6-10-21)15-25(27)36-26(19)17-30(3)28(33)23-11-7-8-12-24(23)29/h4-15,19-20,26,32H,16-18H2,1-3H3/t19-,20+,26+/m0/s1. The first-order valence-electron chi connectivity index (χ1n) is 12.1. The van der Waals surface area contributed by atoms with Gasteiger partial charge in [-0.1, -0.05) is 55.5 Å². The summed E-state index contributed by atoms with van der Waals surface area (Å²) in [6.07, 6.45) is -0.602. The van der Waals surface area contributed by atoms with Crippen LogP contribution < -0.4 is 4.74 Å². The molecule has 0 saturated carbocycles. The van der Waals surface area contributed by atoms with Crippen molar-refractivity contribution in [2.45, 2.75) is 30.9 Å². The number of likely N-dealkylation sites (N-methyl/N-ethyl adjacent to an activating group) is 1. The highest BCUT2D eigenvalue weighted by molar-refractivity contribution is 7.89. The van der Waals surface area contributed by atoms with Crippen molar-refractivity contribution in [2.24, 2.45) is 5.92 Å². The monoisotopic (exact) mass is 526 g/mol. The quantitative estimate of drug-likeness (QED) is 0.524. The van der Waals surface area contributed by atoms with Gasteiger partial charge in [0, 0.05) is 25.6 Å². The number of hydrogen-bond acceptors (Lipinski definition) is 5. The van der Waals surface area contributed by atoms with E-state index in [2.05, 4.69) is 0 Å². The van der Waals surface area contributed by atoms with Gasteiger partial charge in [-0.25, -0.2) is 12.8 Å². The van der Waals surface area contributed by atoms with Gasteiger partial charge in [-0.05, 0) is 42.3 Å². The zero-order valence-corrected chi connectivity index (χ0v) is 21.9. The number of hydrogen-bond donors (Lipinski definition) is 1. The molecule has 1 amide bonds. The third-order valence-corrected chi connectivity index (χ3v) is 8.70. The molecular formula is C28H31FN2O5S. The first kappa shape index (κ1) is 26.8. The van der Waals surface area contributed by atoms with Gasteiger partial charge in [0.2, 0.25) is 10.0 Å². The Morgan fingerprint density at radius 1 is 1.11 bits per heavy atom. The molecule has 0 aliphatic carbocycles. The number of nitrogens with zero attached hydrogens (tertiary/aromatic N) is 2. The summed E-state index contributed by atoms with van der Waals surface area (Å²) in [5.41, 5.74) is 1.62.